The average molecular weight is 1310 g/mol. The predicted octanol–water partition coefficient (Wildman–Crippen LogP) is 9.90. The molecule has 4 aliphatic rings. The summed E-state index contributed by atoms with van der Waals surface area (Å²) in [7, 11) is -25.6. The van der Waals surface area contributed by atoms with Gasteiger partial charge in [0.05, 0.1) is 23.3 Å². The van der Waals surface area contributed by atoms with E-state index in [1.807, 2.05) is 0 Å². The normalized spacial score (nSPS) is 20.2. The van der Waals surface area contributed by atoms with Crippen LogP contribution in [0, 0.1) is 17.3 Å². The van der Waals surface area contributed by atoms with Crippen molar-refractivity contribution in [2.75, 3.05) is 19.8 Å². The second-order valence-corrected chi connectivity index (χ2v) is 25.9. The van der Waals surface area contributed by atoms with Crippen molar-refractivity contribution in [3.8, 4) is 0 Å². The van der Waals surface area contributed by atoms with E-state index >= 15 is 0 Å². The van der Waals surface area contributed by atoms with Crippen LogP contribution >= 0.6 is 0 Å². The highest BCUT2D eigenvalue weighted by Crippen LogP contribution is 2.63. The largest absolute Gasteiger partial charge is 0.465 e. The lowest BCUT2D eigenvalue weighted by Gasteiger charge is -2.60. The van der Waals surface area contributed by atoms with Crippen molar-refractivity contribution < 1.29 is 134 Å². The number of esters is 4. The second-order valence-electron chi connectivity index (χ2n) is 19.9. The van der Waals surface area contributed by atoms with Crippen molar-refractivity contribution in [3.05, 3.63) is 138 Å². The van der Waals surface area contributed by atoms with Gasteiger partial charge in [-0.15, -0.1) is 0 Å². The molecule has 4 aromatic rings. The van der Waals surface area contributed by atoms with E-state index in [1.54, 1.807) is 54.6 Å². The van der Waals surface area contributed by atoms with Crippen LogP contribution in [0.3, 0.4) is 0 Å². The number of benzene rings is 4. The summed E-state index contributed by atoms with van der Waals surface area (Å²) in [6.07, 6.45) is 6.22. The van der Waals surface area contributed by atoms with Crippen LogP contribution in [0.4, 0.5) is 43.9 Å². The first-order valence-electron chi connectivity index (χ1n) is 24.4. The van der Waals surface area contributed by atoms with Crippen molar-refractivity contribution in [3.63, 3.8) is 0 Å². The summed E-state index contributed by atoms with van der Waals surface area (Å²) >= 11 is 0. The average Bonchev–Trinajstić information content (AvgIpc) is 0.992. The fourth-order valence-electron chi connectivity index (χ4n) is 9.78. The van der Waals surface area contributed by atoms with E-state index in [2.05, 4.69) is 33.4 Å². The zero-order valence-electron chi connectivity index (χ0n) is 44.2. The molecule has 3 unspecified atom stereocenters. The fraction of sp³-hybridized carbons (Fsp3) is 0.385. The molecule has 0 aliphatic heterocycles. The lowest BCUT2D eigenvalue weighted by molar-refractivity contribution is -0.248. The Bertz CT molecular complexity index is 3720. The van der Waals surface area contributed by atoms with Gasteiger partial charge in [0.15, 0.2) is 6.10 Å². The Balaban J connectivity index is 0.000000244. The molecule has 0 spiro atoms. The van der Waals surface area contributed by atoms with E-state index in [0.717, 1.165) is 17.5 Å². The van der Waals surface area contributed by atoms with Crippen LogP contribution < -0.4 is 0 Å². The summed E-state index contributed by atoms with van der Waals surface area (Å²) < 4.78 is 268. The minimum Gasteiger partial charge on any atom is -0.460 e. The van der Waals surface area contributed by atoms with E-state index in [1.165, 1.54) is 48.5 Å². The van der Waals surface area contributed by atoms with Gasteiger partial charge in [0.25, 0.3) is 0 Å². The van der Waals surface area contributed by atoms with E-state index in [4.69, 9.17) is 23.1 Å². The third-order valence-corrected chi connectivity index (χ3v) is 17.7. The Labute approximate surface area is 484 Å². The van der Waals surface area contributed by atoms with Gasteiger partial charge in [-0.1, -0.05) is 80.4 Å². The Hall–Kier alpha value is -6.82. The number of hydrogen-bond donors (Lipinski definition) is 3. The van der Waals surface area contributed by atoms with Crippen LogP contribution in [-0.4, -0.2) is 130 Å². The van der Waals surface area contributed by atoms with Crippen molar-refractivity contribution in [2.45, 2.75) is 84.1 Å². The molecule has 3 N–H and O–H groups in total. The molecule has 4 fully saturated rings. The fourth-order valence-corrected chi connectivity index (χ4v) is 11.9. The first-order valence-corrected chi connectivity index (χ1v) is 30.2. The van der Waals surface area contributed by atoms with Crippen LogP contribution in [0.2, 0.25) is 0 Å². The van der Waals surface area contributed by atoms with Crippen LogP contribution in [0.5, 0.6) is 0 Å². The molecule has 34 heteroatoms. The summed E-state index contributed by atoms with van der Waals surface area (Å²) in [6, 6.07) is 21.7. The number of alkyl halides is 10. The Morgan fingerprint density at radius 2 is 1.05 bits per heavy atom. The topological polar surface area (TPSA) is 312 Å². The van der Waals surface area contributed by atoms with E-state index < -0.39 is 128 Å². The SMILES string of the molecule is C=Cc1ccc(C(=O)OC(C)C(F)(F)S(=O)(=O)O)cc1.C=Cc1ccc(C(=O)OC23CC4CC(CC(COC(=O)C(F)(F)S(=O)(=O)O)(C4)C2)C3)cc1.C=Cc1ccc2cc(C(=O)OCCOS(=O)(=O)C(F)(F)C(F)(F)C(F)(F)S(=O)(=O)O)ccc2c1. The molecule has 4 aromatic carbocycles. The van der Waals surface area contributed by atoms with Crippen molar-refractivity contribution >= 4 is 93.4 Å². The lowest BCUT2D eigenvalue weighted by Crippen LogP contribution is -2.60. The lowest BCUT2D eigenvalue weighted by atomic mass is 9.48. The summed E-state index contributed by atoms with van der Waals surface area (Å²) in [5, 5.41) is -22.0. The molecule has 4 bridgehead atoms. The molecule has 3 atom stereocenters. The second kappa shape index (κ2) is 25.5. The summed E-state index contributed by atoms with van der Waals surface area (Å²) in [5.74, 6) is -11.8. The molecule has 0 amide bonds. The van der Waals surface area contributed by atoms with Crippen LogP contribution in [0.25, 0.3) is 29.0 Å². The monoisotopic (exact) mass is 1310 g/mol. The minimum atomic E-state index is -7.15. The quantitative estimate of drug-likeness (QED) is 0.0164. The van der Waals surface area contributed by atoms with Crippen LogP contribution in [-0.2, 0) is 68.4 Å². The Morgan fingerprint density at radius 3 is 1.52 bits per heavy atom. The van der Waals surface area contributed by atoms with Gasteiger partial charge in [0, 0.05) is 5.41 Å². The molecule has 8 rings (SSSR count). The molecule has 4 saturated carbocycles. The van der Waals surface area contributed by atoms with E-state index in [9.17, 15) is 96.8 Å². The Morgan fingerprint density at radius 1 is 0.581 bits per heavy atom. The summed E-state index contributed by atoms with van der Waals surface area (Å²) in [5.41, 5.74) is 1.19. The maximum Gasteiger partial charge on any atom is 0.465 e. The molecular formula is C52H50F10O20S4. The van der Waals surface area contributed by atoms with E-state index in [-0.39, 0.29) is 23.0 Å². The number of halogens is 10. The molecule has 4 aliphatic carbocycles. The van der Waals surface area contributed by atoms with Crippen molar-refractivity contribution in [2.24, 2.45) is 17.3 Å². The molecule has 20 nitrogen and oxygen atoms in total. The third-order valence-electron chi connectivity index (χ3n) is 13.6. The van der Waals surface area contributed by atoms with Gasteiger partial charge in [-0.25, -0.2) is 19.2 Å². The summed E-state index contributed by atoms with van der Waals surface area (Å²) in [6.45, 7) is 8.43. The molecule has 0 radical (unpaired) electrons. The first-order chi connectivity index (χ1) is 39.3. The van der Waals surface area contributed by atoms with Gasteiger partial charge in [-0.05, 0) is 127 Å². The predicted molar refractivity (Wildman–Crippen MR) is 283 cm³/mol. The highest BCUT2D eigenvalue weighted by Gasteiger charge is 2.82. The maximum atomic E-state index is 13.6. The van der Waals surface area contributed by atoms with Gasteiger partial charge in [-0.2, -0.15) is 77.6 Å². The highest BCUT2D eigenvalue weighted by atomic mass is 32.2. The molecular weight excluding hydrogens is 1260 g/mol. The number of rotatable bonds is 22. The number of carbonyl (C=O) groups excluding carboxylic acids is 4. The van der Waals surface area contributed by atoms with E-state index in [0.29, 0.717) is 60.9 Å². The zero-order valence-corrected chi connectivity index (χ0v) is 47.5. The number of ether oxygens (including phenoxy) is 4. The maximum absolute atomic E-state index is 13.6. The molecule has 0 heterocycles. The highest BCUT2D eigenvalue weighted by molar-refractivity contribution is 7.88. The molecule has 472 valence electrons. The Kier molecular flexibility index (Phi) is 20.7. The standard InChI is InChI=1S/C22H24F2O7S.C18H14F6O8S2.C12H12F2O5S/c1-2-14-3-5-17(6-4-14)18(25)31-21-10-15-7-16(11-21)9-20(8-15,12-21)13-30-19(26)22(23,24)32(27,28)29;1-2-11-3-4-13-10-14(6-5-12(13)9-11)15(25)31-7-8-32-34(29,30)18(23,24)16(19,20)17(21,22)33(26,27)28;1-3-9-4-6-10(7-5-9)11(15)19-8(2)12(13,14)20(16,17)18/h2-6,15-16H,1,7-13H2,(H,27,28,29);2-6,9-10H,1,7-8H2,(H,26,27,28);3-8H,1H2,2H3,(H,16,17,18). The third kappa shape index (κ3) is 15.1. The first kappa shape index (κ1) is 69.9. The smallest absolute Gasteiger partial charge is 0.460 e. The minimum absolute atomic E-state index is 0.0337. The van der Waals surface area contributed by atoms with Gasteiger partial charge >= 0.3 is 91.3 Å². The molecule has 0 saturated heterocycles. The van der Waals surface area contributed by atoms with Gasteiger partial charge in [0.2, 0.25) is 0 Å². The van der Waals surface area contributed by atoms with Gasteiger partial charge in [0.1, 0.15) is 18.8 Å². The van der Waals surface area contributed by atoms with Crippen LogP contribution in [0.1, 0.15) is 93.2 Å². The number of fused-ring (bicyclic) bond motifs is 1. The number of carbonyl (C=O) groups is 4. The van der Waals surface area contributed by atoms with Gasteiger partial charge in [-0.3, -0.25) is 17.8 Å². The number of hydrogen-bond acceptors (Lipinski definition) is 17. The molecule has 0 aromatic heterocycles. The zero-order chi connectivity index (χ0) is 65.1. The van der Waals surface area contributed by atoms with Crippen molar-refractivity contribution in [1.29, 1.82) is 0 Å². The van der Waals surface area contributed by atoms with Gasteiger partial charge < -0.3 is 18.9 Å². The van der Waals surface area contributed by atoms with Crippen molar-refractivity contribution in [1.82, 2.24) is 0 Å². The van der Waals surface area contributed by atoms with Crippen LogP contribution in [0.15, 0.2) is 105 Å². The molecule has 86 heavy (non-hydrogen) atoms. The summed E-state index contributed by atoms with van der Waals surface area (Å²) in [4.78, 5) is 48.1.